The van der Waals surface area contributed by atoms with E-state index in [1.54, 1.807) is 12.3 Å². The van der Waals surface area contributed by atoms with Crippen molar-refractivity contribution in [3.63, 3.8) is 0 Å². The molecule has 1 amide bonds. The molecule has 2 N–H and O–H groups in total. The van der Waals surface area contributed by atoms with Crippen LogP contribution in [0, 0.1) is 0 Å². The van der Waals surface area contributed by atoms with Crippen LogP contribution in [0.5, 0.6) is 0 Å². The van der Waals surface area contributed by atoms with Gasteiger partial charge in [0.25, 0.3) is 5.91 Å². The van der Waals surface area contributed by atoms with Gasteiger partial charge in [-0.1, -0.05) is 0 Å². The highest BCUT2D eigenvalue weighted by Crippen LogP contribution is 2.41. The molecule has 4 heterocycles. The summed E-state index contributed by atoms with van der Waals surface area (Å²) < 4.78 is 0. The summed E-state index contributed by atoms with van der Waals surface area (Å²) in [6, 6.07) is 3.66. The first kappa shape index (κ1) is 13.7. The van der Waals surface area contributed by atoms with Gasteiger partial charge in [0.1, 0.15) is 5.69 Å². The largest absolute Gasteiger partial charge is 0.337 e. The Bertz CT molecular complexity index is 922. The zero-order valence-electron chi connectivity index (χ0n) is 13.2. The predicted octanol–water partition coefficient (Wildman–Crippen LogP) is 1.80. The lowest BCUT2D eigenvalue weighted by molar-refractivity contribution is 0.0757. The number of carbonyl (C=O) groups is 1. The van der Waals surface area contributed by atoms with E-state index >= 15 is 0 Å². The topological polar surface area (TPSA) is 90.6 Å². The first-order chi connectivity index (χ1) is 11.8. The van der Waals surface area contributed by atoms with Gasteiger partial charge >= 0.3 is 0 Å². The molecule has 0 saturated heterocycles. The smallest absolute Gasteiger partial charge is 0.272 e. The maximum Gasteiger partial charge on any atom is 0.272 e. The molecule has 0 atom stereocenters. The minimum atomic E-state index is -0.0161. The minimum Gasteiger partial charge on any atom is -0.337 e. The Morgan fingerprint density at radius 2 is 2.04 bits per heavy atom. The molecule has 7 heteroatoms. The Kier molecular flexibility index (Phi) is 2.95. The van der Waals surface area contributed by atoms with Crippen molar-refractivity contribution in [3.8, 4) is 0 Å². The fourth-order valence-electron chi connectivity index (χ4n) is 3.51. The molecule has 1 aliphatic carbocycles. The number of aromatic amines is 2. The lowest BCUT2D eigenvalue weighted by Gasteiger charge is -2.19. The molecular weight excluding hydrogens is 304 g/mol. The Labute approximate surface area is 138 Å². The highest BCUT2D eigenvalue weighted by molar-refractivity contribution is 5.94. The number of nitrogens with zero attached hydrogens (tertiary/aromatic N) is 4. The van der Waals surface area contributed by atoms with Crippen molar-refractivity contribution >= 4 is 16.9 Å². The van der Waals surface area contributed by atoms with E-state index in [-0.39, 0.29) is 5.91 Å². The Hall–Kier alpha value is -2.70. The third-order valence-corrected chi connectivity index (χ3v) is 5.02. The molecule has 0 radical (unpaired) electrons. The second-order valence-corrected chi connectivity index (χ2v) is 6.64. The lowest BCUT2D eigenvalue weighted by atomic mass is 10.1. The third-order valence-electron chi connectivity index (χ3n) is 5.02. The van der Waals surface area contributed by atoms with Gasteiger partial charge in [-0.2, -0.15) is 10.2 Å². The van der Waals surface area contributed by atoms with Crippen molar-refractivity contribution in [2.24, 2.45) is 0 Å². The van der Waals surface area contributed by atoms with Crippen molar-refractivity contribution in [2.45, 2.75) is 31.6 Å². The zero-order chi connectivity index (χ0) is 16.1. The first-order valence-electron chi connectivity index (χ1n) is 8.45. The van der Waals surface area contributed by atoms with Gasteiger partial charge in [0.2, 0.25) is 0 Å². The normalized spacial score (nSPS) is 17.8. The molecule has 7 nitrogen and oxygen atoms in total. The van der Waals surface area contributed by atoms with E-state index in [9.17, 15) is 4.79 Å². The molecule has 1 saturated carbocycles. The number of aromatic nitrogens is 5. The van der Waals surface area contributed by atoms with E-state index in [0.29, 0.717) is 30.3 Å². The van der Waals surface area contributed by atoms with Crippen LogP contribution in [-0.4, -0.2) is 49.3 Å². The molecule has 3 aromatic heterocycles. The molecule has 2 aliphatic rings. The van der Waals surface area contributed by atoms with Crippen LogP contribution in [0.15, 0.2) is 18.3 Å². The molecule has 3 aromatic rings. The average molecular weight is 322 g/mol. The van der Waals surface area contributed by atoms with Crippen LogP contribution >= 0.6 is 0 Å². The van der Waals surface area contributed by atoms with Gasteiger partial charge in [0.05, 0.1) is 11.9 Å². The number of H-pyrrole nitrogens is 2. The second kappa shape index (κ2) is 5.15. The van der Waals surface area contributed by atoms with Crippen molar-refractivity contribution < 1.29 is 4.79 Å². The Balaban J connectivity index is 1.38. The molecular formula is C17H18N6O. The highest BCUT2D eigenvalue weighted by Gasteiger charge is 2.31. The summed E-state index contributed by atoms with van der Waals surface area (Å²) >= 11 is 0. The van der Waals surface area contributed by atoms with Crippen LogP contribution in [0.2, 0.25) is 0 Å². The van der Waals surface area contributed by atoms with Crippen LogP contribution in [-0.2, 0) is 12.8 Å². The van der Waals surface area contributed by atoms with E-state index in [0.717, 1.165) is 18.2 Å². The number of nitrogens with one attached hydrogen (secondary N) is 2. The van der Waals surface area contributed by atoms with E-state index in [4.69, 9.17) is 0 Å². The number of fused-ring (bicyclic) bond motifs is 2. The Morgan fingerprint density at radius 3 is 2.92 bits per heavy atom. The van der Waals surface area contributed by atoms with Crippen LogP contribution in [0.1, 0.15) is 46.2 Å². The third kappa shape index (κ3) is 2.19. The summed E-state index contributed by atoms with van der Waals surface area (Å²) in [5.74, 6) is 0.620. The van der Waals surface area contributed by atoms with E-state index in [1.807, 2.05) is 11.0 Å². The van der Waals surface area contributed by atoms with Crippen molar-refractivity contribution in [2.75, 3.05) is 13.1 Å². The average Bonchev–Trinajstić information content (AvgIpc) is 3.27. The quantitative estimate of drug-likeness (QED) is 0.753. The van der Waals surface area contributed by atoms with E-state index < -0.39 is 0 Å². The summed E-state index contributed by atoms with van der Waals surface area (Å²) in [6.45, 7) is 1.41. The van der Waals surface area contributed by atoms with E-state index in [2.05, 4.69) is 25.4 Å². The van der Waals surface area contributed by atoms with Crippen molar-refractivity contribution in [1.82, 2.24) is 30.3 Å². The predicted molar refractivity (Wildman–Crippen MR) is 87.8 cm³/mol. The van der Waals surface area contributed by atoms with Crippen LogP contribution in [0.4, 0.5) is 0 Å². The molecule has 5 rings (SSSR count). The molecule has 0 spiro atoms. The van der Waals surface area contributed by atoms with Gasteiger partial charge in [-0.3, -0.25) is 15.0 Å². The standard InChI is InChI=1S/C17H18N6O/c24-17(14-4-3-11-9-18-22-16(11)19-14)23-7-5-12-13(6-8-23)20-21-15(12)10-1-2-10/h3-4,9-10H,1-2,5-8H2,(H,20,21)(H,18,19,22). The van der Waals surface area contributed by atoms with Crippen molar-refractivity contribution in [3.05, 3.63) is 41.0 Å². The maximum absolute atomic E-state index is 12.8. The van der Waals surface area contributed by atoms with Gasteiger partial charge in [-0.15, -0.1) is 0 Å². The SMILES string of the molecule is O=C(c1ccc2cn[nH]c2n1)N1CCc2[nH]nc(C3CC3)c2CC1. The van der Waals surface area contributed by atoms with Gasteiger partial charge in [-0.05, 0) is 37.0 Å². The molecule has 24 heavy (non-hydrogen) atoms. The monoisotopic (exact) mass is 322 g/mol. The zero-order valence-corrected chi connectivity index (χ0v) is 13.2. The summed E-state index contributed by atoms with van der Waals surface area (Å²) in [5, 5.41) is 15.4. The summed E-state index contributed by atoms with van der Waals surface area (Å²) in [6.07, 6.45) is 5.90. The van der Waals surface area contributed by atoms with Crippen LogP contribution < -0.4 is 0 Å². The van der Waals surface area contributed by atoms with Gasteiger partial charge in [0, 0.05) is 36.5 Å². The maximum atomic E-state index is 12.8. The van der Waals surface area contributed by atoms with Crippen molar-refractivity contribution in [1.29, 1.82) is 0 Å². The van der Waals surface area contributed by atoms with Gasteiger partial charge < -0.3 is 4.90 Å². The number of pyridine rings is 1. The number of carbonyl (C=O) groups excluding carboxylic acids is 1. The van der Waals surface area contributed by atoms with E-state index in [1.165, 1.54) is 29.8 Å². The van der Waals surface area contributed by atoms with Crippen LogP contribution in [0.3, 0.4) is 0 Å². The first-order valence-corrected chi connectivity index (χ1v) is 8.45. The summed E-state index contributed by atoms with van der Waals surface area (Å²) in [5.41, 5.74) is 4.89. The van der Waals surface area contributed by atoms with Gasteiger partial charge in [0.15, 0.2) is 5.65 Å². The molecule has 1 fully saturated rings. The number of rotatable bonds is 2. The molecule has 1 aliphatic heterocycles. The number of amides is 1. The summed E-state index contributed by atoms with van der Waals surface area (Å²) in [7, 11) is 0. The second-order valence-electron chi connectivity index (χ2n) is 6.64. The molecule has 0 unspecified atom stereocenters. The molecule has 122 valence electrons. The lowest BCUT2D eigenvalue weighted by Crippen LogP contribution is -2.34. The molecule has 0 bridgehead atoms. The van der Waals surface area contributed by atoms with Crippen LogP contribution in [0.25, 0.3) is 11.0 Å². The fourth-order valence-corrected chi connectivity index (χ4v) is 3.51. The minimum absolute atomic E-state index is 0.0161. The molecule has 0 aromatic carbocycles. The van der Waals surface area contributed by atoms with Gasteiger partial charge in [-0.25, -0.2) is 4.98 Å². The Morgan fingerprint density at radius 1 is 1.17 bits per heavy atom. The summed E-state index contributed by atoms with van der Waals surface area (Å²) in [4.78, 5) is 19.1. The fraction of sp³-hybridized carbons (Fsp3) is 0.412. The number of hydrogen-bond donors (Lipinski definition) is 2. The number of hydrogen-bond acceptors (Lipinski definition) is 4. The highest BCUT2D eigenvalue weighted by atomic mass is 16.2.